The Bertz CT molecular complexity index is 233. The molecule has 0 fully saturated rings. The number of methoxy groups -OCH3 is 1. The zero-order valence-corrected chi connectivity index (χ0v) is 8.42. The second-order valence-corrected chi connectivity index (χ2v) is 3.21. The van der Waals surface area contributed by atoms with Crippen molar-refractivity contribution in [1.82, 2.24) is 9.88 Å². The molecule has 1 N–H and O–H groups in total. The second-order valence-electron chi connectivity index (χ2n) is 3.21. The first kappa shape index (κ1) is 10.3. The maximum absolute atomic E-state index is 4.95. The van der Waals surface area contributed by atoms with E-state index in [1.54, 1.807) is 7.11 Å². The third-order valence-electron chi connectivity index (χ3n) is 1.92. The van der Waals surface area contributed by atoms with Gasteiger partial charge in [-0.1, -0.05) is 0 Å². The molecule has 0 radical (unpaired) electrons. The topological polar surface area (TPSA) is 26.2 Å². The van der Waals surface area contributed by atoms with Crippen LogP contribution >= 0.6 is 0 Å². The van der Waals surface area contributed by atoms with Crippen LogP contribution in [0.25, 0.3) is 0 Å². The predicted molar refractivity (Wildman–Crippen MR) is 53.6 cm³/mol. The van der Waals surface area contributed by atoms with E-state index in [-0.39, 0.29) is 0 Å². The van der Waals surface area contributed by atoms with E-state index in [2.05, 4.69) is 28.3 Å². The fourth-order valence-corrected chi connectivity index (χ4v) is 1.24. The maximum Gasteiger partial charge on any atom is 0.0474 e. The average Bonchev–Trinajstić information content (AvgIpc) is 2.51. The Kier molecular flexibility index (Phi) is 4.57. The van der Waals surface area contributed by atoms with Crippen molar-refractivity contribution in [3.63, 3.8) is 0 Å². The normalized spacial score (nSPS) is 10.6. The largest absolute Gasteiger partial charge is 0.385 e. The minimum absolute atomic E-state index is 0.835. The van der Waals surface area contributed by atoms with Gasteiger partial charge < -0.3 is 14.6 Å². The van der Waals surface area contributed by atoms with E-state index in [0.29, 0.717) is 0 Å². The highest BCUT2D eigenvalue weighted by Gasteiger charge is 1.93. The summed E-state index contributed by atoms with van der Waals surface area (Å²) in [5.74, 6) is 0. The molecule has 1 aromatic rings. The van der Waals surface area contributed by atoms with Crippen LogP contribution in [0.1, 0.15) is 12.0 Å². The first-order valence-corrected chi connectivity index (χ1v) is 4.63. The SMILES string of the molecule is COCCCNCc1ccn(C)c1. The molecular formula is C10H18N2O. The minimum Gasteiger partial charge on any atom is -0.385 e. The first-order chi connectivity index (χ1) is 6.33. The van der Waals surface area contributed by atoms with Crippen molar-refractivity contribution in [3.05, 3.63) is 24.0 Å². The molecule has 0 saturated carbocycles. The van der Waals surface area contributed by atoms with Crippen molar-refractivity contribution in [3.8, 4) is 0 Å². The number of nitrogens with one attached hydrogen (secondary N) is 1. The number of ether oxygens (including phenoxy) is 1. The Morgan fingerprint density at radius 2 is 2.38 bits per heavy atom. The van der Waals surface area contributed by atoms with Gasteiger partial charge in [0.2, 0.25) is 0 Å². The van der Waals surface area contributed by atoms with Gasteiger partial charge in [0.1, 0.15) is 0 Å². The van der Waals surface area contributed by atoms with E-state index in [1.165, 1.54) is 5.56 Å². The summed E-state index contributed by atoms with van der Waals surface area (Å²) in [6.07, 6.45) is 5.26. The van der Waals surface area contributed by atoms with E-state index < -0.39 is 0 Å². The van der Waals surface area contributed by atoms with E-state index in [0.717, 1.165) is 26.1 Å². The average molecular weight is 182 g/mol. The van der Waals surface area contributed by atoms with Gasteiger partial charge >= 0.3 is 0 Å². The molecule has 0 bridgehead atoms. The van der Waals surface area contributed by atoms with Crippen LogP contribution in [0.15, 0.2) is 18.5 Å². The standard InChI is InChI=1S/C10H18N2O/c1-12-6-4-10(9-12)8-11-5-3-7-13-2/h4,6,9,11H,3,5,7-8H2,1-2H3. The van der Waals surface area contributed by atoms with Crippen LogP contribution in [-0.2, 0) is 18.3 Å². The molecule has 0 aliphatic carbocycles. The third-order valence-corrected chi connectivity index (χ3v) is 1.92. The smallest absolute Gasteiger partial charge is 0.0474 e. The molecule has 0 amide bonds. The van der Waals surface area contributed by atoms with Gasteiger partial charge in [-0.05, 0) is 24.6 Å². The summed E-state index contributed by atoms with van der Waals surface area (Å²) in [5, 5.41) is 3.36. The van der Waals surface area contributed by atoms with Gasteiger partial charge in [0.05, 0.1) is 0 Å². The predicted octanol–water partition coefficient (Wildman–Crippen LogP) is 1.15. The molecule has 0 aromatic carbocycles. The molecule has 13 heavy (non-hydrogen) atoms. The van der Waals surface area contributed by atoms with E-state index >= 15 is 0 Å². The number of rotatable bonds is 6. The van der Waals surface area contributed by atoms with Crippen molar-refractivity contribution >= 4 is 0 Å². The molecule has 74 valence electrons. The van der Waals surface area contributed by atoms with Gasteiger partial charge in [0, 0.05) is 39.7 Å². The molecule has 1 heterocycles. The lowest BCUT2D eigenvalue weighted by atomic mass is 10.3. The van der Waals surface area contributed by atoms with Crippen LogP contribution in [-0.4, -0.2) is 24.8 Å². The Hall–Kier alpha value is -0.800. The van der Waals surface area contributed by atoms with E-state index in [9.17, 15) is 0 Å². The number of hydrogen-bond acceptors (Lipinski definition) is 2. The summed E-state index contributed by atoms with van der Waals surface area (Å²) < 4.78 is 7.02. The zero-order valence-electron chi connectivity index (χ0n) is 8.42. The summed E-state index contributed by atoms with van der Waals surface area (Å²) >= 11 is 0. The molecule has 0 spiro atoms. The first-order valence-electron chi connectivity index (χ1n) is 4.63. The molecule has 3 heteroatoms. The van der Waals surface area contributed by atoms with E-state index in [4.69, 9.17) is 4.74 Å². The summed E-state index contributed by atoms with van der Waals surface area (Å²) in [6.45, 7) is 2.80. The van der Waals surface area contributed by atoms with Crippen molar-refractivity contribution < 1.29 is 4.74 Å². The molecule has 0 aliphatic heterocycles. The highest BCUT2D eigenvalue weighted by Crippen LogP contribution is 1.97. The number of aryl methyl sites for hydroxylation is 1. The Morgan fingerprint density at radius 1 is 1.54 bits per heavy atom. The Balaban J connectivity index is 2.06. The minimum atomic E-state index is 0.835. The highest BCUT2D eigenvalue weighted by atomic mass is 16.5. The van der Waals surface area contributed by atoms with Gasteiger partial charge in [0.15, 0.2) is 0 Å². The highest BCUT2D eigenvalue weighted by molar-refractivity contribution is 5.09. The number of nitrogens with zero attached hydrogens (tertiary/aromatic N) is 1. The lowest BCUT2D eigenvalue weighted by molar-refractivity contribution is 0.194. The lowest BCUT2D eigenvalue weighted by Gasteiger charge is -2.01. The molecular weight excluding hydrogens is 164 g/mol. The van der Waals surface area contributed by atoms with Gasteiger partial charge in [-0.25, -0.2) is 0 Å². The summed E-state index contributed by atoms with van der Waals surface area (Å²) in [7, 11) is 3.77. The van der Waals surface area contributed by atoms with Gasteiger partial charge in [-0.3, -0.25) is 0 Å². The molecule has 0 atom stereocenters. The number of aromatic nitrogens is 1. The van der Waals surface area contributed by atoms with Crippen molar-refractivity contribution in [2.45, 2.75) is 13.0 Å². The van der Waals surface area contributed by atoms with Gasteiger partial charge in [-0.2, -0.15) is 0 Å². The Morgan fingerprint density at radius 3 is 3.00 bits per heavy atom. The van der Waals surface area contributed by atoms with Crippen molar-refractivity contribution in [1.29, 1.82) is 0 Å². The molecule has 1 rings (SSSR count). The van der Waals surface area contributed by atoms with Crippen LogP contribution in [0.4, 0.5) is 0 Å². The fourth-order valence-electron chi connectivity index (χ4n) is 1.24. The van der Waals surface area contributed by atoms with Crippen LogP contribution in [0.5, 0.6) is 0 Å². The molecule has 0 saturated heterocycles. The maximum atomic E-state index is 4.95. The van der Waals surface area contributed by atoms with Gasteiger partial charge in [-0.15, -0.1) is 0 Å². The zero-order chi connectivity index (χ0) is 9.52. The number of hydrogen-bond donors (Lipinski definition) is 1. The molecule has 0 aliphatic rings. The molecule has 0 unspecified atom stereocenters. The van der Waals surface area contributed by atoms with Gasteiger partial charge in [0.25, 0.3) is 0 Å². The van der Waals surface area contributed by atoms with Crippen LogP contribution in [0, 0.1) is 0 Å². The molecule has 3 nitrogen and oxygen atoms in total. The summed E-state index contributed by atoms with van der Waals surface area (Å²) in [6, 6.07) is 2.13. The summed E-state index contributed by atoms with van der Waals surface area (Å²) in [5.41, 5.74) is 1.33. The van der Waals surface area contributed by atoms with Crippen molar-refractivity contribution in [2.24, 2.45) is 7.05 Å². The van der Waals surface area contributed by atoms with E-state index in [1.807, 2.05) is 7.05 Å². The van der Waals surface area contributed by atoms with Crippen LogP contribution in [0.3, 0.4) is 0 Å². The summed E-state index contributed by atoms with van der Waals surface area (Å²) in [4.78, 5) is 0. The van der Waals surface area contributed by atoms with Crippen LogP contribution < -0.4 is 5.32 Å². The monoisotopic (exact) mass is 182 g/mol. The quantitative estimate of drug-likeness (QED) is 0.668. The third kappa shape index (κ3) is 4.10. The Labute approximate surface area is 79.7 Å². The fraction of sp³-hybridized carbons (Fsp3) is 0.600. The van der Waals surface area contributed by atoms with Crippen molar-refractivity contribution in [2.75, 3.05) is 20.3 Å². The van der Waals surface area contributed by atoms with Crippen LogP contribution in [0.2, 0.25) is 0 Å². The molecule has 1 aromatic heterocycles. The second kappa shape index (κ2) is 5.78. The lowest BCUT2D eigenvalue weighted by Crippen LogP contribution is -2.15.